The molecule has 0 aliphatic rings. The van der Waals surface area contributed by atoms with Gasteiger partial charge in [0.1, 0.15) is 5.75 Å². The van der Waals surface area contributed by atoms with Gasteiger partial charge in [0.25, 0.3) is 5.91 Å². The lowest BCUT2D eigenvalue weighted by Gasteiger charge is -2.06. The van der Waals surface area contributed by atoms with Crippen LogP contribution in [0, 0.1) is 17.0 Å². The van der Waals surface area contributed by atoms with Crippen LogP contribution < -0.4 is 10.2 Å². The molecule has 0 spiro atoms. The molecule has 0 saturated carbocycles. The highest BCUT2D eigenvalue weighted by Crippen LogP contribution is 2.22. The van der Waals surface area contributed by atoms with Gasteiger partial charge < -0.3 is 14.9 Å². The summed E-state index contributed by atoms with van der Waals surface area (Å²) in [5, 5.41) is 18.7. The number of nitro groups is 1. The van der Waals surface area contributed by atoms with Crippen molar-refractivity contribution < 1.29 is 19.2 Å². The van der Waals surface area contributed by atoms with Gasteiger partial charge >= 0.3 is 11.8 Å². The van der Waals surface area contributed by atoms with E-state index in [4.69, 9.17) is 4.74 Å². The Morgan fingerprint density at radius 1 is 1.25 bits per heavy atom. The summed E-state index contributed by atoms with van der Waals surface area (Å²) >= 11 is 3.33. The number of hydrogen-bond acceptors (Lipinski definition) is 7. The summed E-state index contributed by atoms with van der Waals surface area (Å²) in [7, 11) is 0. The third-order valence-electron chi connectivity index (χ3n) is 4.30. The first-order valence-corrected chi connectivity index (χ1v) is 10.1. The average molecular weight is 500 g/mol. The van der Waals surface area contributed by atoms with Crippen molar-refractivity contribution in [3.8, 4) is 5.75 Å². The van der Waals surface area contributed by atoms with Crippen molar-refractivity contribution in [2.24, 2.45) is 5.10 Å². The van der Waals surface area contributed by atoms with E-state index >= 15 is 0 Å². The van der Waals surface area contributed by atoms with Crippen molar-refractivity contribution >= 4 is 39.8 Å². The smallest absolute Gasteiger partial charge is 0.390 e. The summed E-state index contributed by atoms with van der Waals surface area (Å²) in [5.41, 5.74) is 4.80. The van der Waals surface area contributed by atoms with E-state index in [9.17, 15) is 19.7 Å². The number of aryl methyl sites for hydroxylation is 1. The van der Waals surface area contributed by atoms with Gasteiger partial charge in [-0.05, 0) is 47.7 Å². The molecular formula is C21H18BrN5O5. The summed E-state index contributed by atoms with van der Waals surface area (Å²) in [4.78, 5) is 33.9. The Bertz CT molecular complexity index is 1200. The number of esters is 1. The van der Waals surface area contributed by atoms with Gasteiger partial charge in [-0.15, -0.1) is 0 Å². The highest BCUT2D eigenvalue weighted by atomic mass is 79.9. The van der Waals surface area contributed by atoms with Crippen LogP contribution in [0.15, 0.2) is 58.1 Å². The largest absolute Gasteiger partial charge is 0.426 e. The van der Waals surface area contributed by atoms with Gasteiger partial charge in [0, 0.05) is 22.5 Å². The van der Waals surface area contributed by atoms with Gasteiger partial charge in [0.15, 0.2) is 0 Å². The van der Waals surface area contributed by atoms with Crippen molar-refractivity contribution in [3.63, 3.8) is 0 Å². The van der Waals surface area contributed by atoms with Crippen LogP contribution in [0.25, 0.3) is 0 Å². The van der Waals surface area contributed by atoms with E-state index in [2.05, 4.69) is 31.6 Å². The molecule has 32 heavy (non-hydrogen) atoms. The summed E-state index contributed by atoms with van der Waals surface area (Å²) in [6.45, 7) is 3.36. The first kappa shape index (κ1) is 22.8. The Kier molecular flexibility index (Phi) is 7.11. The molecule has 0 unspecified atom stereocenters. The van der Waals surface area contributed by atoms with E-state index < -0.39 is 16.8 Å². The molecule has 11 heteroatoms. The monoisotopic (exact) mass is 499 g/mol. The third kappa shape index (κ3) is 5.85. The van der Waals surface area contributed by atoms with Crippen LogP contribution >= 0.6 is 15.9 Å². The topological polar surface area (TPSA) is 129 Å². The maximum absolute atomic E-state index is 12.4. The lowest BCUT2D eigenvalue weighted by Crippen LogP contribution is -2.17. The van der Waals surface area contributed by atoms with E-state index in [1.54, 1.807) is 49.4 Å². The zero-order chi connectivity index (χ0) is 23.3. The van der Waals surface area contributed by atoms with Gasteiger partial charge in [-0.25, -0.2) is 5.43 Å². The van der Waals surface area contributed by atoms with E-state index in [-0.39, 0.29) is 5.82 Å². The summed E-state index contributed by atoms with van der Waals surface area (Å²) in [6, 6.07) is 13.1. The van der Waals surface area contributed by atoms with Crippen LogP contribution in [-0.2, 0) is 11.3 Å². The molecule has 1 N–H and O–H groups in total. The molecule has 0 radical (unpaired) electrons. The van der Waals surface area contributed by atoms with Crippen LogP contribution in [0.1, 0.15) is 34.1 Å². The van der Waals surface area contributed by atoms with Crippen molar-refractivity contribution in [3.05, 3.63) is 85.5 Å². The van der Waals surface area contributed by atoms with E-state index in [0.29, 0.717) is 29.1 Å². The van der Waals surface area contributed by atoms with Gasteiger partial charge in [0.2, 0.25) is 0 Å². The van der Waals surface area contributed by atoms with E-state index in [0.717, 1.165) is 10.0 Å². The number of carbonyl (C=O) groups excluding carboxylic acids is 2. The Hall–Kier alpha value is -3.86. The van der Waals surface area contributed by atoms with Crippen LogP contribution in [0.3, 0.4) is 0 Å². The van der Waals surface area contributed by atoms with Gasteiger partial charge in [-0.3, -0.25) is 9.59 Å². The normalized spacial score (nSPS) is 10.8. The van der Waals surface area contributed by atoms with Crippen LogP contribution in [0.4, 0.5) is 5.82 Å². The highest BCUT2D eigenvalue weighted by molar-refractivity contribution is 9.10. The van der Waals surface area contributed by atoms with Crippen molar-refractivity contribution in [1.29, 1.82) is 0 Å². The maximum Gasteiger partial charge on any atom is 0.390 e. The molecule has 2 aromatic carbocycles. The number of halogens is 1. The minimum Gasteiger partial charge on any atom is -0.426 e. The number of hydrazone groups is 1. The highest BCUT2D eigenvalue weighted by Gasteiger charge is 2.15. The first-order chi connectivity index (χ1) is 15.2. The predicted molar refractivity (Wildman–Crippen MR) is 120 cm³/mol. The number of hydrogen-bond donors (Lipinski definition) is 1. The van der Waals surface area contributed by atoms with Gasteiger partial charge in [-0.1, -0.05) is 28.1 Å². The summed E-state index contributed by atoms with van der Waals surface area (Å²) in [5.74, 6) is -0.787. The number of ether oxygens (including phenoxy) is 1. The van der Waals surface area contributed by atoms with Gasteiger partial charge in [0.05, 0.1) is 29.6 Å². The predicted octanol–water partition coefficient (Wildman–Crippen LogP) is 3.60. The molecular weight excluding hydrogens is 482 g/mol. The molecule has 0 bridgehead atoms. The molecule has 3 aromatic rings. The number of carbonyl (C=O) groups is 2. The Morgan fingerprint density at radius 3 is 2.59 bits per heavy atom. The fourth-order valence-corrected chi connectivity index (χ4v) is 3.15. The molecule has 3 rings (SSSR count). The number of nitrogens with one attached hydrogen (secondary N) is 1. The quantitative estimate of drug-likeness (QED) is 0.174. The molecule has 10 nitrogen and oxygen atoms in total. The molecule has 0 aliphatic heterocycles. The van der Waals surface area contributed by atoms with Crippen LogP contribution in [-0.4, -0.2) is 32.8 Å². The van der Waals surface area contributed by atoms with Crippen molar-refractivity contribution in [1.82, 2.24) is 15.2 Å². The molecule has 0 saturated heterocycles. The summed E-state index contributed by atoms with van der Waals surface area (Å²) < 4.78 is 7.40. The number of rotatable bonds is 7. The second kappa shape index (κ2) is 9.96. The SMILES string of the molecule is CC(=O)Oc1ccc(Br)cc1/C=N\NC(=O)c1ccc(Cn2nc([N+](=O)[O-])cc2C)cc1. The number of benzene rings is 2. The fraction of sp³-hybridized carbons (Fsp3) is 0.143. The van der Waals surface area contributed by atoms with E-state index in [1.807, 2.05) is 0 Å². The number of amides is 1. The standard InChI is InChI=1S/C21H18BrN5O5/c1-13-9-20(27(30)31)25-26(13)12-15-3-5-16(6-4-15)21(29)24-23-11-17-10-18(22)7-8-19(17)32-14(2)28/h3-11H,12H2,1-2H3,(H,24,29)/b23-11-. The molecule has 0 atom stereocenters. The van der Waals surface area contributed by atoms with Crippen molar-refractivity contribution in [2.75, 3.05) is 0 Å². The zero-order valence-electron chi connectivity index (χ0n) is 17.1. The first-order valence-electron chi connectivity index (χ1n) is 9.32. The second-order valence-corrected chi connectivity index (χ2v) is 7.65. The van der Waals surface area contributed by atoms with Crippen LogP contribution in [0.5, 0.6) is 5.75 Å². The van der Waals surface area contributed by atoms with Crippen molar-refractivity contribution in [2.45, 2.75) is 20.4 Å². The molecule has 164 valence electrons. The Balaban J connectivity index is 1.65. The van der Waals surface area contributed by atoms with E-state index in [1.165, 1.54) is 23.9 Å². The molecule has 1 aromatic heterocycles. The lowest BCUT2D eigenvalue weighted by molar-refractivity contribution is -0.389. The average Bonchev–Trinajstić information content (AvgIpc) is 3.11. The Labute approximate surface area is 191 Å². The maximum atomic E-state index is 12.4. The lowest BCUT2D eigenvalue weighted by atomic mass is 10.1. The minimum atomic E-state index is -0.541. The number of nitrogens with zero attached hydrogens (tertiary/aromatic N) is 4. The number of aromatic nitrogens is 2. The van der Waals surface area contributed by atoms with Gasteiger partial charge in [-0.2, -0.15) is 9.78 Å². The molecule has 1 heterocycles. The fourth-order valence-electron chi connectivity index (χ4n) is 2.77. The zero-order valence-corrected chi connectivity index (χ0v) is 18.7. The molecule has 1 amide bonds. The molecule has 0 fully saturated rings. The second-order valence-electron chi connectivity index (χ2n) is 6.73. The third-order valence-corrected chi connectivity index (χ3v) is 4.79. The minimum absolute atomic E-state index is 0.210. The summed E-state index contributed by atoms with van der Waals surface area (Å²) in [6.07, 6.45) is 1.38. The molecule has 0 aliphatic carbocycles. The Morgan fingerprint density at radius 2 is 1.97 bits per heavy atom. The van der Waals surface area contributed by atoms with Crippen LogP contribution in [0.2, 0.25) is 0 Å².